The lowest BCUT2D eigenvalue weighted by Crippen LogP contribution is -2.26. The van der Waals surface area contributed by atoms with Crippen molar-refractivity contribution in [2.75, 3.05) is 36.8 Å². The zero-order valence-electron chi connectivity index (χ0n) is 18.8. The number of rotatable bonds is 9. The number of hydrogen-bond acceptors (Lipinski definition) is 6. The maximum absolute atomic E-state index is 13.9. The second-order valence-corrected chi connectivity index (χ2v) is 10.6. The smallest absolute Gasteiger partial charge is 0.233 e. The Kier molecular flexibility index (Phi) is 8.25. The molecule has 0 bridgehead atoms. The van der Waals surface area contributed by atoms with E-state index in [2.05, 4.69) is 9.71 Å². The van der Waals surface area contributed by atoms with Gasteiger partial charge >= 0.3 is 0 Å². The first-order chi connectivity index (χ1) is 16.0. The largest absolute Gasteiger partial charge is 0.482 e. The van der Waals surface area contributed by atoms with Crippen LogP contribution >= 0.6 is 23.2 Å². The van der Waals surface area contributed by atoms with Crippen molar-refractivity contribution in [1.29, 1.82) is 0 Å². The molecule has 1 atom stereocenters. The number of nitrogen functional groups attached to an aromatic ring is 1. The molecular weight excluding hydrogens is 502 g/mol. The second kappa shape index (κ2) is 10.8. The van der Waals surface area contributed by atoms with E-state index in [1.54, 1.807) is 62.4 Å². The van der Waals surface area contributed by atoms with Gasteiger partial charge in [0.05, 0.1) is 10.8 Å². The molecule has 3 rings (SSSR count). The summed E-state index contributed by atoms with van der Waals surface area (Å²) in [6, 6.07) is 11.1. The average Bonchev–Trinajstić information content (AvgIpc) is 2.77. The van der Waals surface area contributed by atoms with E-state index in [-0.39, 0.29) is 27.4 Å². The highest BCUT2D eigenvalue weighted by molar-refractivity contribution is 7.92. The van der Waals surface area contributed by atoms with Crippen molar-refractivity contribution < 1.29 is 17.5 Å². The molecule has 0 amide bonds. The molecule has 1 unspecified atom stereocenters. The van der Waals surface area contributed by atoms with Crippen LogP contribution in [0.1, 0.15) is 18.6 Å². The Labute approximate surface area is 208 Å². The van der Waals surface area contributed by atoms with E-state index in [4.69, 9.17) is 33.7 Å². The van der Waals surface area contributed by atoms with Crippen molar-refractivity contribution in [3.63, 3.8) is 0 Å². The monoisotopic (exact) mass is 526 g/mol. The minimum atomic E-state index is -3.51. The molecule has 2 aromatic carbocycles. The van der Waals surface area contributed by atoms with Crippen molar-refractivity contribution >= 4 is 44.7 Å². The third-order valence-corrected chi connectivity index (χ3v) is 6.93. The zero-order valence-corrected chi connectivity index (χ0v) is 21.2. The van der Waals surface area contributed by atoms with Gasteiger partial charge in [0.2, 0.25) is 10.0 Å². The van der Waals surface area contributed by atoms with Gasteiger partial charge in [0.15, 0.2) is 11.6 Å². The predicted octanol–water partition coefficient (Wildman–Crippen LogP) is 5.22. The molecule has 7 nitrogen and oxygen atoms in total. The molecule has 0 fully saturated rings. The Hall–Kier alpha value is -2.59. The number of benzene rings is 2. The molecule has 0 aliphatic carbocycles. The van der Waals surface area contributed by atoms with Gasteiger partial charge in [-0.1, -0.05) is 35.3 Å². The fraction of sp³-hybridized carbons (Fsp3) is 0.261. The summed E-state index contributed by atoms with van der Waals surface area (Å²) < 4.78 is 47.2. The van der Waals surface area contributed by atoms with Gasteiger partial charge in [-0.2, -0.15) is 0 Å². The summed E-state index contributed by atoms with van der Waals surface area (Å²) >= 11 is 12.3. The normalized spacial score (nSPS) is 12.6. The maximum Gasteiger partial charge on any atom is 0.233 e. The van der Waals surface area contributed by atoms with Crippen LogP contribution in [-0.4, -0.2) is 44.7 Å². The van der Waals surface area contributed by atoms with Crippen LogP contribution in [0.5, 0.6) is 5.75 Å². The van der Waals surface area contributed by atoms with E-state index in [1.165, 1.54) is 12.1 Å². The Morgan fingerprint density at radius 2 is 1.91 bits per heavy atom. The standard InChI is InChI=1S/C23H25Cl2FN4O3S/c1-14(21-18(24)7-8-19(26)22(21)25)33-20-12-16(13-28-23(20)27)15-5-4-6-17(11-15)29-34(31,32)10-9-30(2)3/h4-8,11-14,29H,9-10H2,1-3H3,(H2,27,28). The van der Waals surface area contributed by atoms with Gasteiger partial charge in [0, 0.05) is 34.6 Å². The molecule has 1 aromatic heterocycles. The maximum atomic E-state index is 13.9. The molecule has 0 aliphatic rings. The molecular formula is C23H25Cl2FN4O3S. The Balaban J connectivity index is 1.86. The lowest BCUT2D eigenvalue weighted by Gasteiger charge is -2.19. The third-order valence-electron chi connectivity index (χ3n) is 4.95. The second-order valence-electron chi connectivity index (χ2n) is 7.93. The fourth-order valence-electron chi connectivity index (χ4n) is 3.17. The van der Waals surface area contributed by atoms with E-state index in [9.17, 15) is 12.8 Å². The van der Waals surface area contributed by atoms with E-state index >= 15 is 0 Å². The number of nitrogens with two attached hydrogens (primary N) is 1. The number of ether oxygens (including phenoxy) is 1. The zero-order chi connectivity index (χ0) is 25.0. The van der Waals surface area contributed by atoms with Gasteiger partial charge in [0.25, 0.3) is 0 Å². The minimum Gasteiger partial charge on any atom is -0.482 e. The summed E-state index contributed by atoms with van der Waals surface area (Å²) in [5.74, 6) is -0.270. The van der Waals surface area contributed by atoms with Crippen LogP contribution < -0.4 is 15.2 Å². The molecule has 34 heavy (non-hydrogen) atoms. The molecule has 0 saturated carbocycles. The molecule has 1 heterocycles. The minimum absolute atomic E-state index is 0.0330. The summed E-state index contributed by atoms with van der Waals surface area (Å²) in [5, 5.41) is 0.132. The molecule has 182 valence electrons. The Morgan fingerprint density at radius 3 is 2.62 bits per heavy atom. The molecule has 0 saturated heterocycles. The summed E-state index contributed by atoms with van der Waals surface area (Å²) in [6.45, 7) is 2.07. The van der Waals surface area contributed by atoms with E-state index in [0.717, 1.165) is 0 Å². The van der Waals surface area contributed by atoms with Crippen LogP contribution in [0, 0.1) is 5.82 Å². The van der Waals surface area contributed by atoms with Crippen LogP contribution in [0.2, 0.25) is 10.0 Å². The summed E-state index contributed by atoms with van der Waals surface area (Å²) in [6.07, 6.45) is 0.833. The lowest BCUT2D eigenvalue weighted by molar-refractivity contribution is 0.227. The molecule has 0 aliphatic heterocycles. The molecule has 0 radical (unpaired) electrons. The van der Waals surface area contributed by atoms with Gasteiger partial charge in [-0.25, -0.2) is 17.8 Å². The van der Waals surface area contributed by atoms with Crippen LogP contribution in [0.3, 0.4) is 0 Å². The van der Waals surface area contributed by atoms with Crippen LogP contribution in [0.15, 0.2) is 48.7 Å². The topological polar surface area (TPSA) is 97.5 Å². The summed E-state index contributed by atoms with van der Waals surface area (Å²) in [4.78, 5) is 5.98. The first kappa shape index (κ1) is 26.0. The van der Waals surface area contributed by atoms with Gasteiger partial charge in [0.1, 0.15) is 11.9 Å². The Morgan fingerprint density at radius 1 is 1.18 bits per heavy atom. The lowest BCUT2D eigenvalue weighted by atomic mass is 10.1. The predicted molar refractivity (Wildman–Crippen MR) is 136 cm³/mol. The number of sulfonamides is 1. The highest BCUT2D eigenvalue weighted by Crippen LogP contribution is 2.37. The van der Waals surface area contributed by atoms with Crippen molar-refractivity contribution in [1.82, 2.24) is 9.88 Å². The number of halogens is 3. The highest BCUT2D eigenvalue weighted by atomic mass is 35.5. The number of pyridine rings is 1. The summed E-state index contributed by atoms with van der Waals surface area (Å²) in [5.41, 5.74) is 8.05. The van der Waals surface area contributed by atoms with Gasteiger partial charge < -0.3 is 15.4 Å². The molecule has 3 aromatic rings. The van der Waals surface area contributed by atoms with Crippen LogP contribution in [0.4, 0.5) is 15.9 Å². The van der Waals surface area contributed by atoms with Crippen molar-refractivity contribution in [2.45, 2.75) is 13.0 Å². The van der Waals surface area contributed by atoms with Crippen molar-refractivity contribution in [3.05, 3.63) is 70.1 Å². The number of anilines is 2. The first-order valence-corrected chi connectivity index (χ1v) is 12.7. The Bertz CT molecular complexity index is 1290. The molecule has 0 spiro atoms. The van der Waals surface area contributed by atoms with Crippen molar-refractivity contribution in [2.24, 2.45) is 0 Å². The summed E-state index contributed by atoms with van der Waals surface area (Å²) in [7, 11) is 0.104. The quantitative estimate of drug-likeness (QED) is 0.371. The fourth-order valence-corrected chi connectivity index (χ4v) is 5.04. The van der Waals surface area contributed by atoms with Gasteiger partial charge in [-0.15, -0.1) is 0 Å². The number of hydrogen-bond donors (Lipinski definition) is 2. The van der Waals surface area contributed by atoms with Gasteiger partial charge in [-0.05, 0) is 56.9 Å². The molecule has 3 N–H and O–H groups in total. The average molecular weight is 527 g/mol. The third kappa shape index (κ3) is 6.50. The van der Waals surface area contributed by atoms with E-state index in [0.29, 0.717) is 28.9 Å². The van der Waals surface area contributed by atoms with E-state index < -0.39 is 21.9 Å². The first-order valence-electron chi connectivity index (χ1n) is 10.3. The number of nitrogens with one attached hydrogen (secondary N) is 1. The van der Waals surface area contributed by atoms with Crippen LogP contribution in [0.25, 0.3) is 11.1 Å². The number of nitrogens with zero attached hydrogens (tertiary/aromatic N) is 2. The highest BCUT2D eigenvalue weighted by Gasteiger charge is 2.20. The van der Waals surface area contributed by atoms with Gasteiger partial charge in [-0.3, -0.25) is 4.72 Å². The number of aromatic nitrogens is 1. The molecule has 11 heteroatoms. The van der Waals surface area contributed by atoms with Crippen molar-refractivity contribution in [3.8, 4) is 16.9 Å². The SMILES string of the molecule is CC(Oc1cc(-c2cccc(NS(=O)(=O)CCN(C)C)c2)cnc1N)c1c(Cl)ccc(F)c1Cl. The van der Waals surface area contributed by atoms with Crippen LogP contribution in [-0.2, 0) is 10.0 Å². The van der Waals surface area contributed by atoms with E-state index in [1.807, 2.05) is 0 Å².